The highest BCUT2D eigenvalue weighted by molar-refractivity contribution is 6.35. The van der Waals surface area contributed by atoms with Gasteiger partial charge in [-0.15, -0.1) is 0 Å². The average Bonchev–Trinajstić information content (AvgIpc) is 3.03. The van der Waals surface area contributed by atoms with Gasteiger partial charge in [0.25, 0.3) is 5.91 Å². The number of carbonyl (C=O) groups excluding carboxylic acids is 1. The maximum Gasteiger partial charge on any atom is 0.257 e. The summed E-state index contributed by atoms with van der Waals surface area (Å²) in [7, 11) is 1.61. The molecule has 3 rings (SSSR count). The van der Waals surface area contributed by atoms with Crippen molar-refractivity contribution in [3.63, 3.8) is 0 Å². The van der Waals surface area contributed by atoms with Crippen LogP contribution in [0.5, 0.6) is 11.5 Å². The molecule has 8 heteroatoms. The third-order valence-electron chi connectivity index (χ3n) is 3.67. The lowest BCUT2D eigenvalue weighted by Gasteiger charge is -2.08. The molecule has 0 saturated heterocycles. The second-order valence-corrected chi connectivity index (χ2v) is 6.35. The van der Waals surface area contributed by atoms with E-state index >= 15 is 0 Å². The van der Waals surface area contributed by atoms with Crippen molar-refractivity contribution in [2.24, 2.45) is 0 Å². The molecule has 0 bridgehead atoms. The lowest BCUT2D eigenvalue weighted by atomic mass is 10.3. The van der Waals surface area contributed by atoms with E-state index in [1.165, 1.54) is 0 Å². The number of pyridine rings is 1. The standard InChI is InChI=1S/C18H17Cl2N3O3/c1-25-16-3-2-8-23-10-13(22-18(16)23)6-7-21-17(24)11-26-15-5-4-12(19)9-14(15)20/h2-5,8-10H,6-7,11H2,1H3,(H,21,24). The number of ether oxygens (including phenoxy) is 2. The first-order valence-electron chi connectivity index (χ1n) is 7.92. The normalized spacial score (nSPS) is 10.7. The fourth-order valence-corrected chi connectivity index (χ4v) is 2.90. The summed E-state index contributed by atoms with van der Waals surface area (Å²) >= 11 is 11.8. The molecule has 2 heterocycles. The van der Waals surface area contributed by atoms with Crippen LogP contribution in [0, 0.1) is 0 Å². The smallest absolute Gasteiger partial charge is 0.257 e. The number of halogens is 2. The van der Waals surface area contributed by atoms with Crippen LogP contribution in [0.15, 0.2) is 42.7 Å². The van der Waals surface area contributed by atoms with Gasteiger partial charge in [0.2, 0.25) is 0 Å². The fraction of sp³-hybridized carbons (Fsp3) is 0.222. The number of methoxy groups -OCH3 is 1. The van der Waals surface area contributed by atoms with Gasteiger partial charge in [0, 0.05) is 30.4 Å². The Kier molecular flexibility index (Phi) is 5.85. The van der Waals surface area contributed by atoms with Crippen LogP contribution in [-0.4, -0.2) is 35.6 Å². The number of imidazole rings is 1. The number of carbonyl (C=O) groups is 1. The number of hydrogen-bond acceptors (Lipinski definition) is 4. The zero-order chi connectivity index (χ0) is 18.5. The van der Waals surface area contributed by atoms with Crippen molar-refractivity contribution in [1.82, 2.24) is 14.7 Å². The minimum Gasteiger partial charge on any atom is -0.493 e. The molecule has 0 atom stereocenters. The van der Waals surface area contributed by atoms with Gasteiger partial charge in [0.15, 0.2) is 18.0 Å². The first-order chi connectivity index (χ1) is 12.6. The van der Waals surface area contributed by atoms with Gasteiger partial charge in [-0.1, -0.05) is 23.2 Å². The van der Waals surface area contributed by atoms with Crippen molar-refractivity contribution >= 4 is 34.8 Å². The lowest BCUT2D eigenvalue weighted by molar-refractivity contribution is -0.123. The average molecular weight is 394 g/mol. The molecule has 0 unspecified atom stereocenters. The predicted octanol–water partition coefficient (Wildman–Crippen LogP) is 3.39. The highest BCUT2D eigenvalue weighted by Crippen LogP contribution is 2.27. The molecule has 136 valence electrons. The summed E-state index contributed by atoms with van der Waals surface area (Å²) in [6, 6.07) is 8.58. The number of hydrogen-bond donors (Lipinski definition) is 1. The molecule has 6 nitrogen and oxygen atoms in total. The van der Waals surface area contributed by atoms with Crippen LogP contribution >= 0.6 is 23.2 Å². The summed E-state index contributed by atoms with van der Waals surface area (Å²) in [6.07, 6.45) is 4.41. The van der Waals surface area contributed by atoms with E-state index in [2.05, 4.69) is 10.3 Å². The van der Waals surface area contributed by atoms with Crippen LogP contribution in [0.4, 0.5) is 0 Å². The summed E-state index contributed by atoms with van der Waals surface area (Å²) in [4.78, 5) is 16.4. The maximum atomic E-state index is 11.9. The number of rotatable bonds is 7. The Morgan fingerprint density at radius 2 is 2.12 bits per heavy atom. The van der Waals surface area contributed by atoms with Gasteiger partial charge in [-0.25, -0.2) is 4.98 Å². The molecule has 0 aliphatic rings. The molecule has 3 aromatic rings. The van der Waals surface area contributed by atoms with Crippen molar-refractivity contribution < 1.29 is 14.3 Å². The second kappa shape index (κ2) is 8.29. The van der Waals surface area contributed by atoms with Crippen molar-refractivity contribution in [3.05, 3.63) is 58.5 Å². The molecule has 0 radical (unpaired) electrons. The Bertz CT molecular complexity index is 927. The van der Waals surface area contributed by atoms with Crippen molar-refractivity contribution in [1.29, 1.82) is 0 Å². The Morgan fingerprint density at radius 3 is 2.88 bits per heavy atom. The van der Waals surface area contributed by atoms with E-state index in [1.807, 2.05) is 28.9 Å². The number of amides is 1. The van der Waals surface area contributed by atoms with E-state index in [9.17, 15) is 4.79 Å². The molecule has 0 spiro atoms. The van der Waals surface area contributed by atoms with Gasteiger partial charge >= 0.3 is 0 Å². The first-order valence-corrected chi connectivity index (χ1v) is 8.67. The molecule has 0 saturated carbocycles. The lowest BCUT2D eigenvalue weighted by Crippen LogP contribution is -2.30. The highest BCUT2D eigenvalue weighted by atomic mass is 35.5. The molecular formula is C18H17Cl2N3O3. The maximum absolute atomic E-state index is 11.9. The Balaban J connectivity index is 1.49. The minimum absolute atomic E-state index is 0.125. The van der Waals surface area contributed by atoms with Crippen molar-refractivity contribution in [3.8, 4) is 11.5 Å². The van der Waals surface area contributed by atoms with Gasteiger partial charge in [-0.2, -0.15) is 0 Å². The summed E-state index contributed by atoms with van der Waals surface area (Å²) in [5.41, 5.74) is 1.61. The van der Waals surface area contributed by atoms with Crippen LogP contribution < -0.4 is 14.8 Å². The van der Waals surface area contributed by atoms with Crippen LogP contribution in [-0.2, 0) is 11.2 Å². The topological polar surface area (TPSA) is 64.9 Å². The monoisotopic (exact) mass is 393 g/mol. The highest BCUT2D eigenvalue weighted by Gasteiger charge is 2.09. The minimum atomic E-state index is -0.239. The van der Waals surface area contributed by atoms with Gasteiger partial charge in [0.1, 0.15) is 5.75 Å². The zero-order valence-electron chi connectivity index (χ0n) is 14.0. The van der Waals surface area contributed by atoms with Gasteiger partial charge in [-0.3, -0.25) is 4.79 Å². The Hall–Kier alpha value is -2.44. The molecule has 1 amide bonds. The van der Waals surface area contributed by atoms with Crippen LogP contribution in [0.25, 0.3) is 5.65 Å². The third-order valence-corrected chi connectivity index (χ3v) is 4.20. The molecule has 0 aliphatic heterocycles. The third kappa shape index (κ3) is 4.39. The summed E-state index contributed by atoms with van der Waals surface area (Å²) in [5.74, 6) is 0.882. The van der Waals surface area contributed by atoms with Gasteiger partial charge < -0.3 is 19.2 Å². The van der Waals surface area contributed by atoms with E-state index in [1.54, 1.807) is 25.3 Å². The molecular weight excluding hydrogens is 377 g/mol. The van der Waals surface area contributed by atoms with Crippen molar-refractivity contribution in [2.75, 3.05) is 20.3 Å². The predicted molar refractivity (Wildman–Crippen MR) is 100 cm³/mol. The number of nitrogens with zero attached hydrogens (tertiary/aromatic N) is 2. The number of nitrogens with one attached hydrogen (secondary N) is 1. The first kappa shape index (κ1) is 18.4. The Labute approximate surface area is 160 Å². The molecule has 2 aromatic heterocycles. The SMILES string of the molecule is COc1cccn2cc(CCNC(=O)COc3ccc(Cl)cc3Cl)nc12. The second-order valence-electron chi connectivity index (χ2n) is 5.50. The summed E-state index contributed by atoms with van der Waals surface area (Å²) in [6.45, 7) is 0.323. The number of benzene rings is 1. The summed E-state index contributed by atoms with van der Waals surface area (Å²) in [5, 5.41) is 3.67. The van der Waals surface area contributed by atoms with E-state index in [0.717, 1.165) is 11.3 Å². The van der Waals surface area contributed by atoms with Gasteiger partial charge in [-0.05, 0) is 30.3 Å². The largest absolute Gasteiger partial charge is 0.493 e. The molecule has 26 heavy (non-hydrogen) atoms. The van der Waals surface area contributed by atoms with Crippen LogP contribution in [0.1, 0.15) is 5.69 Å². The zero-order valence-corrected chi connectivity index (χ0v) is 15.5. The molecule has 1 aromatic carbocycles. The van der Waals surface area contributed by atoms with E-state index in [0.29, 0.717) is 34.5 Å². The van der Waals surface area contributed by atoms with Gasteiger partial charge in [0.05, 0.1) is 17.8 Å². The number of aromatic nitrogens is 2. The van der Waals surface area contributed by atoms with E-state index < -0.39 is 0 Å². The van der Waals surface area contributed by atoms with E-state index in [4.69, 9.17) is 32.7 Å². The molecule has 0 fully saturated rings. The van der Waals surface area contributed by atoms with Crippen LogP contribution in [0.3, 0.4) is 0 Å². The van der Waals surface area contributed by atoms with Crippen molar-refractivity contribution in [2.45, 2.75) is 6.42 Å². The van der Waals surface area contributed by atoms with E-state index in [-0.39, 0.29) is 12.5 Å². The molecule has 1 N–H and O–H groups in total. The molecule has 0 aliphatic carbocycles. The summed E-state index contributed by atoms with van der Waals surface area (Å²) < 4.78 is 12.6. The number of fused-ring (bicyclic) bond motifs is 1. The van der Waals surface area contributed by atoms with Crippen LogP contribution in [0.2, 0.25) is 10.0 Å². The fourth-order valence-electron chi connectivity index (χ4n) is 2.43. The quantitative estimate of drug-likeness (QED) is 0.667. The Morgan fingerprint density at radius 1 is 1.27 bits per heavy atom.